The van der Waals surface area contributed by atoms with Gasteiger partial charge < -0.3 is 5.32 Å². The molecular weight excluding hydrogens is 396 g/mol. The maximum absolute atomic E-state index is 13.4. The summed E-state index contributed by atoms with van der Waals surface area (Å²) in [5.74, 6) is -0.141. The number of hydrogen-bond donors (Lipinski definition) is 1. The number of ketones is 1. The molecule has 1 aliphatic heterocycles. The van der Waals surface area contributed by atoms with Gasteiger partial charge in [-0.1, -0.05) is 67.9 Å². The lowest BCUT2D eigenvalue weighted by Crippen LogP contribution is -2.44. The molecule has 0 bridgehead atoms. The van der Waals surface area contributed by atoms with Crippen molar-refractivity contribution in [3.05, 3.63) is 76.5 Å². The van der Waals surface area contributed by atoms with E-state index in [0.29, 0.717) is 23.4 Å². The molecule has 0 radical (unpaired) electrons. The van der Waals surface area contributed by atoms with Crippen molar-refractivity contribution in [2.24, 2.45) is 5.41 Å². The highest BCUT2D eigenvalue weighted by atomic mass is 35.5. The Balaban J connectivity index is 1.95. The molecule has 0 aromatic heterocycles. The molecule has 2 aromatic carbocycles. The van der Waals surface area contributed by atoms with E-state index in [1.54, 1.807) is 4.90 Å². The zero-order valence-electron chi connectivity index (χ0n) is 17.4. The number of fused-ring (bicyclic) bond motifs is 1. The predicted octanol–water partition coefficient (Wildman–Crippen LogP) is 5.76. The first-order valence-corrected chi connectivity index (χ1v) is 10.5. The molecule has 4 nitrogen and oxygen atoms in total. The minimum atomic E-state index is -0.667. The van der Waals surface area contributed by atoms with Gasteiger partial charge in [-0.25, -0.2) is 0 Å². The van der Waals surface area contributed by atoms with E-state index in [1.807, 2.05) is 60.7 Å². The first-order valence-electron chi connectivity index (χ1n) is 10.1. The van der Waals surface area contributed by atoms with Crippen molar-refractivity contribution in [3.8, 4) is 0 Å². The number of rotatable bonds is 2. The third-order valence-corrected chi connectivity index (χ3v) is 5.92. The number of halogens is 1. The number of Topliss-reactive ketones (excluding diaryl/α,β-unsaturated/α-hetero) is 1. The molecule has 2 aliphatic rings. The van der Waals surface area contributed by atoms with Gasteiger partial charge in [0.25, 0.3) is 0 Å². The Bertz CT molecular complexity index is 1070. The Morgan fingerprint density at radius 3 is 2.47 bits per heavy atom. The van der Waals surface area contributed by atoms with Crippen LogP contribution < -0.4 is 10.2 Å². The molecule has 0 saturated carbocycles. The van der Waals surface area contributed by atoms with Crippen LogP contribution in [0.3, 0.4) is 0 Å². The Hall–Kier alpha value is -2.85. The predicted molar refractivity (Wildman–Crippen MR) is 122 cm³/mol. The number of benzene rings is 2. The summed E-state index contributed by atoms with van der Waals surface area (Å²) < 4.78 is 0. The van der Waals surface area contributed by atoms with E-state index in [-0.39, 0.29) is 17.1 Å². The standard InChI is InChI=1S/C25H25ClN2O2/c1-16(29)28-21-12-8-7-11-19(21)27-20-14-25(2,3)15-22(30)23(20)24(28)18(26)13-17-9-5-4-6-10-17/h4-13,24,27H,14-15H2,1-3H3/b18-13-. The SMILES string of the molecule is CC(=O)N1c2ccccc2NC2=C(C(=O)CC(C)(C)C2)C1/C(Cl)=C/c1ccccc1. The van der Waals surface area contributed by atoms with Crippen molar-refractivity contribution in [2.75, 3.05) is 10.2 Å². The average Bonchev–Trinajstić information content (AvgIpc) is 2.82. The Kier molecular flexibility index (Phi) is 5.29. The molecule has 1 heterocycles. The molecule has 0 saturated heterocycles. The minimum absolute atomic E-state index is 0.0254. The lowest BCUT2D eigenvalue weighted by Gasteiger charge is -2.36. The van der Waals surface area contributed by atoms with Crippen LogP contribution in [-0.2, 0) is 9.59 Å². The molecule has 0 spiro atoms. The van der Waals surface area contributed by atoms with E-state index in [2.05, 4.69) is 19.2 Å². The van der Waals surface area contributed by atoms with Crippen molar-refractivity contribution in [2.45, 2.75) is 39.7 Å². The summed E-state index contributed by atoms with van der Waals surface area (Å²) in [7, 11) is 0. The van der Waals surface area contributed by atoms with Crippen LogP contribution >= 0.6 is 11.6 Å². The highest BCUT2D eigenvalue weighted by molar-refractivity contribution is 6.34. The largest absolute Gasteiger partial charge is 0.357 e. The summed E-state index contributed by atoms with van der Waals surface area (Å²) in [5.41, 5.74) is 3.70. The number of amides is 1. The van der Waals surface area contributed by atoms with E-state index in [1.165, 1.54) is 6.92 Å². The molecular formula is C25H25ClN2O2. The van der Waals surface area contributed by atoms with Gasteiger partial charge in [0.2, 0.25) is 5.91 Å². The summed E-state index contributed by atoms with van der Waals surface area (Å²) in [6.45, 7) is 5.69. The summed E-state index contributed by atoms with van der Waals surface area (Å²) in [6, 6.07) is 16.7. The van der Waals surface area contributed by atoms with Crippen LogP contribution in [0.4, 0.5) is 11.4 Å². The number of nitrogens with zero attached hydrogens (tertiary/aromatic N) is 1. The van der Waals surface area contributed by atoms with Crippen LogP contribution in [0, 0.1) is 5.41 Å². The number of carbonyl (C=O) groups excluding carboxylic acids is 2. The molecule has 1 amide bonds. The van der Waals surface area contributed by atoms with Crippen LogP contribution in [0.5, 0.6) is 0 Å². The third-order valence-electron chi connectivity index (χ3n) is 5.61. The smallest absolute Gasteiger partial charge is 0.224 e. The van der Waals surface area contributed by atoms with Gasteiger partial charge in [0.05, 0.1) is 11.4 Å². The average molecular weight is 421 g/mol. The fourth-order valence-corrected chi connectivity index (χ4v) is 4.72. The molecule has 1 atom stereocenters. The first-order chi connectivity index (χ1) is 14.3. The zero-order valence-corrected chi connectivity index (χ0v) is 18.2. The summed E-state index contributed by atoms with van der Waals surface area (Å²) >= 11 is 6.88. The van der Waals surface area contributed by atoms with Crippen LogP contribution in [-0.4, -0.2) is 17.7 Å². The molecule has 2 aromatic rings. The molecule has 1 aliphatic carbocycles. The zero-order chi connectivity index (χ0) is 21.5. The monoisotopic (exact) mass is 420 g/mol. The topological polar surface area (TPSA) is 49.4 Å². The Labute approximate surface area is 182 Å². The van der Waals surface area contributed by atoms with Gasteiger partial charge in [0, 0.05) is 29.6 Å². The second kappa shape index (κ2) is 7.77. The lowest BCUT2D eigenvalue weighted by molar-refractivity contribution is -0.118. The van der Waals surface area contributed by atoms with Crippen molar-refractivity contribution in [1.29, 1.82) is 0 Å². The van der Waals surface area contributed by atoms with Gasteiger partial charge in [0.1, 0.15) is 6.04 Å². The molecule has 1 N–H and O–H groups in total. The Morgan fingerprint density at radius 2 is 1.77 bits per heavy atom. The number of nitrogens with one attached hydrogen (secondary N) is 1. The summed E-state index contributed by atoms with van der Waals surface area (Å²) in [6.07, 6.45) is 2.97. The third kappa shape index (κ3) is 3.80. The number of carbonyl (C=O) groups is 2. The van der Waals surface area contributed by atoms with E-state index in [0.717, 1.165) is 22.6 Å². The normalized spacial score (nSPS) is 20.8. The second-order valence-corrected chi connectivity index (χ2v) is 9.14. The molecule has 154 valence electrons. The number of para-hydroxylation sites is 2. The molecule has 30 heavy (non-hydrogen) atoms. The van der Waals surface area contributed by atoms with Gasteiger partial charge in [-0.15, -0.1) is 0 Å². The van der Waals surface area contributed by atoms with Crippen molar-refractivity contribution in [3.63, 3.8) is 0 Å². The molecule has 0 fully saturated rings. The van der Waals surface area contributed by atoms with E-state index in [4.69, 9.17) is 11.6 Å². The van der Waals surface area contributed by atoms with Crippen molar-refractivity contribution >= 4 is 40.7 Å². The van der Waals surface area contributed by atoms with E-state index in [9.17, 15) is 9.59 Å². The molecule has 1 unspecified atom stereocenters. The van der Waals surface area contributed by atoms with Crippen molar-refractivity contribution in [1.82, 2.24) is 0 Å². The maximum Gasteiger partial charge on any atom is 0.224 e. The quantitative estimate of drug-likeness (QED) is 0.672. The lowest BCUT2D eigenvalue weighted by atomic mass is 9.74. The van der Waals surface area contributed by atoms with Crippen LogP contribution in [0.2, 0.25) is 0 Å². The Morgan fingerprint density at radius 1 is 1.10 bits per heavy atom. The van der Waals surface area contributed by atoms with Gasteiger partial charge in [-0.3, -0.25) is 14.5 Å². The van der Waals surface area contributed by atoms with Gasteiger partial charge in [-0.05, 0) is 35.6 Å². The highest BCUT2D eigenvalue weighted by Crippen LogP contribution is 2.45. The van der Waals surface area contributed by atoms with Gasteiger partial charge in [0.15, 0.2) is 5.78 Å². The van der Waals surface area contributed by atoms with Crippen LogP contribution in [0.25, 0.3) is 6.08 Å². The fraction of sp³-hybridized carbons (Fsp3) is 0.280. The fourth-order valence-electron chi connectivity index (χ4n) is 4.38. The number of hydrogen-bond acceptors (Lipinski definition) is 3. The van der Waals surface area contributed by atoms with Crippen LogP contribution in [0.15, 0.2) is 70.9 Å². The van der Waals surface area contributed by atoms with Gasteiger partial charge >= 0.3 is 0 Å². The first kappa shape index (κ1) is 20.4. The van der Waals surface area contributed by atoms with E-state index >= 15 is 0 Å². The maximum atomic E-state index is 13.4. The molecule has 5 heteroatoms. The minimum Gasteiger partial charge on any atom is -0.357 e. The van der Waals surface area contributed by atoms with Crippen molar-refractivity contribution < 1.29 is 9.59 Å². The highest BCUT2D eigenvalue weighted by Gasteiger charge is 2.43. The van der Waals surface area contributed by atoms with Crippen LogP contribution in [0.1, 0.15) is 39.2 Å². The summed E-state index contributed by atoms with van der Waals surface area (Å²) in [4.78, 5) is 27.9. The second-order valence-electron chi connectivity index (χ2n) is 8.71. The number of anilines is 2. The van der Waals surface area contributed by atoms with Gasteiger partial charge in [-0.2, -0.15) is 0 Å². The number of allylic oxidation sites excluding steroid dienone is 1. The summed E-state index contributed by atoms with van der Waals surface area (Å²) in [5, 5.41) is 3.90. The van der Waals surface area contributed by atoms with E-state index < -0.39 is 6.04 Å². The molecule has 4 rings (SSSR count).